The van der Waals surface area contributed by atoms with Gasteiger partial charge in [-0.15, -0.1) is 0 Å². The molecule has 1 aromatic heterocycles. The van der Waals surface area contributed by atoms with Gasteiger partial charge in [0, 0.05) is 6.42 Å². The molecular formula is C12H15N3O2. The van der Waals surface area contributed by atoms with Crippen LogP contribution in [0.4, 0.5) is 5.82 Å². The number of nitrogen functional groups attached to an aromatic ring is 1. The summed E-state index contributed by atoms with van der Waals surface area (Å²) in [7, 11) is 0. The van der Waals surface area contributed by atoms with E-state index in [2.05, 4.69) is 4.98 Å². The molecule has 1 aromatic rings. The van der Waals surface area contributed by atoms with Gasteiger partial charge in [-0.25, -0.2) is 4.98 Å². The molecule has 0 unspecified atom stereocenters. The molecule has 0 atom stereocenters. The molecule has 0 saturated carbocycles. The highest BCUT2D eigenvalue weighted by Crippen LogP contribution is 2.32. The van der Waals surface area contributed by atoms with Crippen molar-refractivity contribution in [3.05, 3.63) is 23.9 Å². The van der Waals surface area contributed by atoms with Crippen LogP contribution in [0.15, 0.2) is 18.2 Å². The molecular weight excluding hydrogens is 218 g/mol. The number of carbonyl (C=O) groups excluding carboxylic acids is 2. The third kappa shape index (κ3) is 2.13. The molecule has 1 aliphatic rings. The number of carbonyl (C=O) groups is 2. The summed E-state index contributed by atoms with van der Waals surface area (Å²) >= 11 is 0. The van der Waals surface area contributed by atoms with E-state index in [1.54, 1.807) is 32.0 Å². The van der Waals surface area contributed by atoms with E-state index in [0.29, 0.717) is 11.5 Å². The maximum absolute atomic E-state index is 12.0. The molecule has 1 fully saturated rings. The zero-order valence-electron chi connectivity index (χ0n) is 9.93. The number of hydrogen-bond donors (Lipinski definition) is 1. The van der Waals surface area contributed by atoms with E-state index in [4.69, 9.17) is 5.73 Å². The Morgan fingerprint density at radius 1 is 1.41 bits per heavy atom. The van der Waals surface area contributed by atoms with Gasteiger partial charge in [0.25, 0.3) is 0 Å². The lowest BCUT2D eigenvalue weighted by Crippen LogP contribution is -2.32. The van der Waals surface area contributed by atoms with Crippen molar-refractivity contribution in [2.75, 3.05) is 5.73 Å². The molecule has 2 N–H and O–H groups in total. The van der Waals surface area contributed by atoms with Gasteiger partial charge < -0.3 is 5.73 Å². The first-order valence-electron chi connectivity index (χ1n) is 5.46. The number of aromatic nitrogens is 1. The molecule has 2 rings (SSSR count). The molecule has 2 heterocycles. The van der Waals surface area contributed by atoms with Crippen LogP contribution >= 0.6 is 0 Å². The minimum absolute atomic E-state index is 0.147. The second-order valence-corrected chi connectivity index (χ2v) is 4.90. The maximum atomic E-state index is 12.0. The summed E-state index contributed by atoms with van der Waals surface area (Å²) in [5, 5.41) is 0. The van der Waals surface area contributed by atoms with Crippen LogP contribution in [0.5, 0.6) is 0 Å². The smallest absolute Gasteiger partial charge is 0.235 e. The summed E-state index contributed by atoms with van der Waals surface area (Å²) in [5.41, 5.74) is 5.59. The third-order valence-corrected chi connectivity index (χ3v) is 2.87. The summed E-state index contributed by atoms with van der Waals surface area (Å²) in [5.74, 6) is 0.0943. The number of imide groups is 1. The first-order valence-corrected chi connectivity index (χ1v) is 5.46. The van der Waals surface area contributed by atoms with Crippen molar-refractivity contribution in [1.82, 2.24) is 9.88 Å². The Balaban J connectivity index is 2.20. The lowest BCUT2D eigenvalue weighted by atomic mass is 9.92. The molecule has 0 bridgehead atoms. The van der Waals surface area contributed by atoms with Crippen molar-refractivity contribution >= 4 is 17.6 Å². The standard InChI is InChI=1S/C12H15N3O2/c1-12(2)6-10(16)15(11(12)17)7-8-4-3-5-9(13)14-8/h3-5H,6-7H2,1-2H3,(H2,13,14). The van der Waals surface area contributed by atoms with Crippen LogP contribution < -0.4 is 5.73 Å². The Hall–Kier alpha value is -1.91. The number of rotatable bonds is 2. The Morgan fingerprint density at radius 3 is 2.65 bits per heavy atom. The van der Waals surface area contributed by atoms with Crippen LogP contribution in [0.3, 0.4) is 0 Å². The maximum Gasteiger partial charge on any atom is 0.235 e. The van der Waals surface area contributed by atoms with Crippen molar-refractivity contribution in [3.8, 4) is 0 Å². The van der Waals surface area contributed by atoms with Gasteiger partial charge in [-0.05, 0) is 12.1 Å². The van der Waals surface area contributed by atoms with E-state index >= 15 is 0 Å². The van der Waals surface area contributed by atoms with Crippen LogP contribution in [0.2, 0.25) is 0 Å². The van der Waals surface area contributed by atoms with Gasteiger partial charge in [0.2, 0.25) is 11.8 Å². The van der Waals surface area contributed by atoms with Crippen molar-refractivity contribution in [2.45, 2.75) is 26.8 Å². The summed E-state index contributed by atoms with van der Waals surface area (Å²) in [6, 6.07) is 5.18. The molecule has 1 aliphatic heterocycles. The number of hydrogen-bond acceptors (Lipinski definition) is 4. The Kier molecular flexibility index (Phi) is 2.61. The van der Waals surface area contributed by atoms with Crippen LogP contribution in [0, 0.1) is 5.41 Å². The summed E-state index contributed by atoms with van der Waals surface area (Å²) in [6.07, 6.45) is 0.258. The lowest BCUT2D eigenvalue weighted by molar-refractivity contribution is -0.141. The van der Waals surface area contributed by atoms with E-state index in [1.165, 1.54) is 4.90 Å². The molecule has 2 amide bonds. The van der Waals surface area contributed by atoms with Gasteiger partial charge in [-0.3, -0.25) is 14.5 Å². The highest BCUT2D eigenvalue weighted by Gasteiger charge is 2.44. The first kappa shape index (κ1) is 11.6. The molecule has 0 radical (unpaired) electrons. The predicted molar refractivity (Wildman–Crippen MR) is 62.6 cm³/mol. The number of likely N-dealkylation sites (tertiary alicyclic amines) is 1. The topological polar surface area (TPSA) is 76.3 Å². The van der Waals surface area contributed by atoms with E-state index in [9.17, 15) is 9.59 Å². The second kappa shape index (κ2) is 3.84. The Labute approximate surface area is 99.6 Å². The SMILES string of the molecule is CC1(C)CC(=O)N(Cc2cccc(N)n2)C1=O. The summed E-state index contributed by atoms with van der Waals surface area (Å²) < 4.78 is 0. The minimum Gasteiger partial charge on any atom is -0.384 e. The average molecular weight is 233 g/mol. The van der Waals surface area contributed by atoms with Gasteiger partial charge in [-0.1, -0.05) is 19.9 Å². The fraction of sp³-hybridized carbons (Fsp3) is 0.417. The highest BCUT2D eigenvalue weighted by molar-refractivity contribution is 6.05. The largest absolute Gasteiger partial charge is 0.384 e. The fourth-order valence-corrected chi connectivity index (χ4v) is 1.94. The number of nitrogens with two attached hydrogens (primary N) is 1. The fourth-order valence-electron chi connectivity index (χ4n) is 1.94. The van der Waals surface area contributed by atoms with Gasteiger partial charge in [0.05, 0.1) is 17.7 Å². The number of amides is 2. The van der Waals surface area contributed by atoms with Gasteiger partial charge >= 0.3 is 0 Å². The molecule has 17 heavy (non-hydrogen) atoms. The quantitative estimate of drug-likeness (QED) is 0.771. The third-order valence-electron chi connectivity index (χ3n) is 2.87. The summed E-state index contributed by atoms with van der Waals surface area (Å²) in [4.78, 5) is 29.0. The Bertz CT molecular complexity index is 482. The van der Waals surface area contributed by atoms with E-state index in [0.717, 1.165) is 0 Å². The zero-order valence-corrected chi connectivity index (χ0v) is 9.93. The predicted octanol–water partition coefficient (Wildman–Crippen LogP) is 0.949. The monoisotopic (exact) mass is 233 g/mol. The number of pyridine rings is 1. The Morgan fingerprint density at radius 2 is 2.12 bits per heavy atom. The van der Waals surface area contributed by atoms with E-state index in [1.807, 2.05) is 0 Å². The second-order valence-electron chi connectivity index (χ2n) is 4.90. The number of anilines is 1. The minimum atomic E-state index is -0.600. The van der Waals surface area contributed by atoms with Crippen molar-refractivity contribution in [1.29, 1.82) is 0 Å². The van der Waals surface area contributed by atoms with Gasteiger partial charge in [-0.2, -0.15) is 0 Å². The molecule has 5 heteroatoms. The van der Waals surface area contributed by atoms with E-state index in [-0.39, 0.29) is 24.8 Å². The van der Waals surface area contributed by atoms with Crippen LogP contribution in [-0.2, 0) is 16.1 Å². The van der Waals surface area contributed by atoms with Gasteiger partial charge in [0.1, 0.15) is 5.82 Å². The lowest BCUT2D eigenvalue weighted by Gasteiger charge is -2.17. The van der Waals surface area contributed by atoms with Crippen LogP contribution in [0.1, 0.15) is 26.0 Å². The first-order chi connectivity index (χ1) is 7.90. The zero-order chi connectivity index (χ0) is 12.6. The molecule has 90 valence electrons. The normalized spacial score (nSPS) is 18.8. The molecule has 0 aliphatic carbocycles. The summed E-state index contributed by atoms with van der Waals surface area (Å²) in [6.45, 7) is 3.76. The van der Waals surface area contributed by atoms with Crippen molar-refractivity contribution in [3.63, 3.8) is 0 Å². The van der Waals surface area contributed by atoms with Crippen LogP contribution in [0.25, 0.3) is 0 Å². The number of nitrogens with zero attached hydrogens (tertiary/aromatic N) is 2. The average Bonchev–Trinajstić information content (AvgIpc) is 2.41. The van der Waals surface area contributed by atoms with Crippen LogP contribution in [-0.4, -0.2) is 21.7 Å². The van der Waals surface area contributed by atoms with E-state index < -0.39 is 5.41 Å². The highest BCUT2D eigenvalue weighted by atomic mass is 16.2. The molecule has 1 saturated heterocycles. The van der Waals surface area contributed by atoms with Gasteiger partial charge in [0.15, 0.2) is 0 Å². The van der Waals surface area contributed by atoms with Crippen molar-refractivity contribution < 1.29 is 9.59 Å². The molecule has 5 nitrogen and oxygen atoms in total. The van der Waals surface area contributed by atoms with Crippen molar-refractivity contribution in [2.24, 2.45) is 5.41 Å². The molecule has 0 spiro atoms. The molecule has 0 aromatic carbocycles.